The van der Waals surface area contributed by atoms with Crippen molar-refractivity contribution in [1.29, 1.82) is 0 Å². The second-order valence-corrected chi connectivity index (χ2v) is 5.14. The van der Waals surface area contributed by atoms with Gasteiger partial charge in [-0.25, -0.2) is 0 Å². The van der Waals surface area contributed by atoms with E-state index in [0.717, 1.165) is 42.0 Å². The fraction of sp³-hybridized carbons (Fsp3) is 0.312. The van der Waals surface area contributed by atoms with Crippen molar-refractivity contribution in [2.45, 2.75) is 19.9 Å². The summed E-state index contributed by atoms with van der Waals surface area (Å²) in [5, 5.41) is 0. The minimum absolute atomic E-state index is 0.142. The van der Waals surface area contributed by atoms with Crippen molar-refractivity contribution < 1.29 is 0 Å². The van der Waals surface area contributed by atoms with Gasteiger partial charge in [0.1, 0.15) is 5.82 Å². The lowest BCUT2D eigenvalue weighted by atomic mass is 10.0. The number of anilines is 1. The molecule has 2 aromatic rings. The van der Waals surface area contributed by atoms with Gasteiger partial charge in [-0.3, -0.25) is 9.36 Å². The predicted molar refractivity (Wildman–Crippen MR) is 78.8 cm³/mol. The van der Waals surface area contributed by atoms with Gasteiger partial charge in [0.2, 0.25) is 0 Å². The van der Waals surface area contributed by atoms with E-state index < -0.39 is 0 Å². The van der Waals surface area contributed by atoms with Crippen LogP contribution in [0.25, 0.3) is 11.1 Å². The van der Waals surface area contributed by atoms with E-state index in [2.05, 4.69) is 30.1 Å². The molecule has 19 heavy (non-hydrogen) atoms. The van der Waals surface area contributed by atoms with Gasteiger partial charge in [0.05, 0.1) is 0 Å². The molecule has 0 bridgehead atoms. The molecule has 0 aliphatic carbocycles. The van der Waals surface area contributed by atoms with Crippen LogP contribution in [0.4, 0.5) is 5.82 Å². The highest BCUT2D eigenvalue weighted by Gasteiger charge is 2.18. The second kappa shape index (κ2) is 4.57. The van der Waals surface area contributed by atoms with E-state index in [4.69, 9.17) is 0 Å². The molecule has 1 aromatic heterocycles. The van der Waals surface area contributed by atoms with Gasteiger partial charge in [0.15, 0.2) is 0 Å². The lowest BCUT2D eigenvalue weighted by Crippen LogP contribution is -2.36. The average molecular weight is 254 g/mol. The molecule has 1 aliphatic rings. The first-order chi connectivity index (χ1) is 9.18. The Bertz CT molecular complexity index is 658. The van der Waals surface area contributed by atoms with Crippen molar-refractivity contribution in [3.8, 4) is 11.1 Å². The summed E-state index contributed by atoms with van der Waals surface area (Å²) < 4.78 is 1.89. The molecule has 3 rings (SSSR count). The van der Waals surface area contributed by atoms with E-state index in [1.54, 1.807) is 0 Å². The topological polar surface area (TPSA) is 25.2 Å². The Morgan fingerprint density at radius 1 is 1.11 bits per heavy atom. The number of rotatable bonds is 1. The maximum atomic E-state index is 12.5. The summed E-state index contributed by atoms with van der Waals surface area (Å²) in [6.07, 6.45) is 1.04. The van der Waals surface area contributed by atoms with Gasteiger partial charge in [-0.05, 0) is 30.5 Å². The SMILES string of the molecule is Cc1c(-c2ccccc2)cc2n(c1=O)CCCN2C. The summed E-state index contributed by atoms with van der Waals surface area (Å²) >= 11 is 0. The van der Waals surface area contributed by atoms with Crippen LogP contribution in [0.5, 0.6) is 0 Å². The summed E-state index contributed by atoms with van der Waals surface area (Å²) in [7, 11) is 2.05. The Kier molecular flexibility index (Phi) is 2.90. The molecule has 1 aromatic carbocycles. The molecule has 0 unspecified atom stereocenters. The summed E-state index contributed by atoms with van der Waals surface area (Å²) in [6, 6.07) is 12.3. The molecule has 0 saturated heterocycles. The molecule has 2 heterocycles. The van der Waals surface area contributed by atoms with E-state index in [1.807, 2.05) is 29.7 Å². The lowest BCUT2D eigenvalue weighted by Gasteiger charge is -2.29. The highest BCUT2D eigenvalue weighted by molar-refractivity contribution is 5.70. The van der Waals surface area contributed by atoms with Crippen molar-refractivity contribution in [3.05, 3.63) is 52.3 Å². The normalized spacial score (nSPS) is 14.3. The van der Waals surface area contributed by atoms with Crippen molar-refractivity contribution in [3.63, 3.8) is 0 Å². The van der Waals surface area contributed by atoms with Crippen molar-refractivity contribution in [2.75, 3.05) is 18.5 Å². The van der Waals surface area contributed by atoms with E-state index in [9.17, 15) is 4.79 Å². The maximum absolute atomic E-state index is 12.5. The van der Waals surface area contributed by atoms with Crippen LogP contribution < -0.4 is 10.5 Å². The molecule has 0 radical (unpaired) electrons. The van der Waals surface area contributed by atoms with Crippen LogP contribution in [0.1, 0.15) is 12.0 Å². The summed E-state index contributed by atoms with van der Waals surface area (Å²) in [6.45, 7) is 3.76. The zero-order valence-electron chi connectivity index (χ0n) is 11.4. The van der Waals surface area contributed by atoms with Gasteiger partial charge in [-0.15, -0.1) is 0 Å². The standard InChI is InChI=1S/C16H18N2O/c1-12-14(13-7-4-3-5-8-13)11-15-17(2)9-6-10-18(15)16(12)19/h3-5,7-8,11H,6,9-10H2,1-2H3. The summed E-state index contributed by atoms with van der Waals surface area (Å²) in [4.78, 5) is 14.7. The first-order valence-corrected chi connectivity index (χ1v) is 6.69. The third-order valence-corrected chi connectivity index (χ3v) is 3.87. The van der Waals surface area contributed by atoms with Crippen LogP contribution in [0.15, 0.2) is 41.2 Å². The first-order valence-electron chi connectivity index (χ1n) is 6.69. The van der Waals surface area contributed by atoms with E-state index in [1.165, 1.54) is 0 Å². The highest BCUT2D eigenvalue weighted by Crippen LogP contribution is 2.27. The first kappa shape index (κ1) is 12.0. The minimum Gasteiger partial charge on any atom is -0.361 e. The molecule has 3 heteroatoms. The van der Waals surface area contributed by atoms with E-state index in [0.29, 0.717) is 0 Å². The monoisotopic (exact) mass is 254 g/mol. The fourth-order valence-electron chi connectivity index (χ4n) is 2.77. The van der Waals surface area contributed by atoms with E-state index >= 15 is 0 Å². The number of pyridine rings is 1. The number of fused-ring (bicyclic) bond motifs is 1. The minimum atomic E-state index is 0.142. The van der Waals surface area contributed by atoms with Crippen LogP contribution in [0.3, 0.4) is 0 Å². The van der Waals surface area contributed by atoms with Crippen molar-refractivity contribution >= 4 is 5.82 Å². The highest BCUT2D eigenvalue weighted by atomic mass is 16.1. The summed E-state index contributed by atoms with van der Waals surface area (Å²) in [5.74, 6) is 1.03. The maximum Gasteiger partial charge on any atom is 0.255 e. The smallest absolute Gasteiger partial charge is 0.255 e. The van der Waals surface area contributed by atoms with Gasteiger partial charge < -0.3 is 4.90 Å². The van der Waals surface area contributed by atoms with Crippen LogP contribution in [0.2, 0.25) is 0 Å². The largest absolute Gasteiger partial charge is 0.361 e. The fourth-order valence-corrected chi connectivity index (χ4v) is 2.77. The third kappa shape index (κ3) is 1.95. The van der Waals surface area contributed by atoms with Crippen LogP contribution >= 0.6 is 0 Å². The van der Waals surface area contributed by atoms with Gasteiger partial charge in [-0.1, -0.05) is 30.3 Å². The molecular formula is C16H18N2O. The van der Waals surface area contributed by atoms with Crippen LogP contribution in [-0.4, -0.2) is 18.2 Å². The molecule has 0 atom stereocenters. The molecule has 1 aliphatic heterocycles. The van der Waals surface area contributed by atoms with Crippen LogP contribution in [0, 0.1) is 6.92 Å². The number of benzene rings is 1. The molecule has 3 nitrogen and oxygen atoms in total. The van der Waals surface area contributed by atoms with Gasteiger partial charge in [-0.2, -0.15) is 0 Å². The molecule has 0 N–H and O–H groups in total. The van der Waals surface area contributed by atoms with E-state index in [-0.39, 0.29) is 5.56 Å². The molecule has 0 saturated carbocycles. The number of hydrogen-bond acceptors (Lipinski definition) is 2. The van der Waals surface area contributed by atoms with Crippen molar-refractivity contribution in [2.24, 2.45) is 0 Å². The molecule has 0 amide bonds. The second-order valence-electron chi connectivity index (χ2n) is 5.14. The van der Waals surface area contributed by atoms with Crippen molar-refractivity contribution in [1.82, 2.24) is 4.57 Å². The van der Waals surface area contributed by atoms with Gasteiger partial charge in [0.25, 0.3) is 5.56 Å². The van der Waals surface area contributed by atoms with Gasteiger partial charge >= 0.3 is 0 Å². The Balaban J connectivity index is 2.25. The molecule has 0 fully saturated rings. The Labute approximate surface area is 113 Å². The zero-order valence-corrected chi connectivity index (χ0v) is 11.4. The number of hydrogen-bond donors (Lipinski definition) is 0. The average Bonchev–Trinajstić information content (AvgIpc) is 2.44. The Hall–Kier alpha value is -2.03. The lowest BCUT2D eigenvalue weighted by molar-refractivity contribution is 0.564. The zero-order chi connectivity index (χ0) is 13.4. The molecular weight excluding hydrogens is 236 g/mol. The summed E-state index contributed by atoms with van der Waals surface area (Å²) in [5.41, 5.74) is 3.14. The quantitative estimate of drug-likeness (QED) is 0.781. The predicted octanol–water partition coefficient (Wildman–Crippen LogP) is 2.66. The number of aromatic nitrogens is 1. The number of nitrogens with zero attached hydrogens (tertiary/aromatic N) is 2. The molecule has 98 valence electrons. The molecule has 0 spiro atoms. The Morgan fingerprint density at radius 2 is 1.84 bits per heavy atom. The Morgan fingerprint density at radius 3 is 2.58 bits per heavy atom. The van der Waals surface area contributed by atoms with Crippen LogP contribution in [-0.2, 0) is 6.54 Å². The third-order valence-electron chi connectivity index (χ3n) is 3.87. The van der Waals surface area contributed by atoms with Gasteiger partial charge in [0, 0.05) is 25.7 Å².